The van der Waals surface area contributed by atoms with Crippen molar-refractivity contribution < 1.29 is 47.8 Å². The van der Waals surface area contributed by atoms with Crippen LogP contribution in [0.4, 0.5) is 0 Å². The molecule has 0 saturated heterocycles. The molecule has 340 valence electrons. The zero-order valence-electron chi connectivity index (χ0n) is 36.7. The Hall–Kier alpha value is -3.60. The van der Waals surface area contributed by atoms with Crippen molar-refractivity contribution in [1.29, 1.82) is 0 Å². The molecule has 0 aromatic rings. The summed E-state index contributed by atoms with van der Waals surface area (Å²) in [5, 5.41) is 21.8. The number of ether oxygens (including phenoxy) is 1. The molecule has 3 unspecified atom stereocenters. The van der Waals surface area contributed by atoms with Crippen molar-refractivity contribution in [2.45, 2.75) is 167 Å². The summed E-state index contributed by atoms with van der Waals surface area (Å²) in [6.45, 7) is 2.37. The number of phosphoric acid groups is 1. The first-order valence-electron chi connectivity index (χ1n) is 22.3. The van der Waals surface area contributed by atoms with Crippen LogP contribution >= 0.6 is 7.82 Å². The van der Waals surface area contributed by atoms with Crippen LogP contribution < -0.4 is 5.32 Å². The largest absolute Gasteiger partial charge is 0.480 e. The van der Waals surface area contributed by atoms with E-state index < -0.39 is 57.6 Å². The molecule has 0 heterocycles. The summed E-state index contributed by atoms with van der Waals surface area (Å²) in [5.41, 5.74) is 0. The number of carbonyl (C=O) groups excluding carboxylic acids is 2. The molecule has 0 aliphatic heterocycles. The lowest BCUT2D eigenvalue weighted by atomic mass is 10.1. The summed E-state index contributed by atoms with van der Waals surface area (Å²) in [5.74, 6) is -2.46. The molecular formula is C48H78NO10P. The fraction of sp³-hybridized carbons (Fsp3) is 0.604. The Bertz CT molecular complexity index is 1380. The van der Waals surface area contributed by atoms with Gasteiger partial charge in [0.15, 0.2) is 6.04 Å². The van der Waals surface area contributed by atoms with Gasteiger partial charge in [-0.3, -0.25) is 18.6 Å². The van der Waals surface area contributed by atoms with Crippen molar-refractivity contribution in [2.24, 2.45) is 0 Å². The average Bonchev–Trinajstić information content (AvgIpc) is 3.22. The van der Waals surface area contributed by atoms with Crippen LogP contribution in [0, 0.1) is 0 Å². The van der Waals surface area contributed by atoms with Gasteiger partial charge in [0.2, 0.25) is 5.91 Å². The highest BCUT2D eigenvalue weighted by Gasteiger charge is 2.28. The van der Waals surface area contributed by atoms with Crippen molar-refractivity contribution in [3.8, 4) is 0 Å². The van der Waals surface area contributed by atoms with E-state index in [0.29, 0.717) is 19.3 Å². The molecular weight excluding hydrogens is 781 g/mol. The molecule has 0 rings (SSSR count). The number of hydrogen-bond acceptors (Lipinski definition) is 8. The van der Waals surface area contributed by atoms with E-state index >= 15 is 0 Å². The molecule has 0 aliphatic carbocycles. The van der Waals surface area contributed by atoms with Crippen LogP contribution in [-0.4, -0.2) is 64.9 Å². The smallest absolute Gasteiger partial charge is 0.472 e. The normalized spacial score (nSPS) is 14.6. The van der Waals surface area contributed by atoms with Crippen LogP contribution in [0.3, 0.4) is 0 Å². The number of aliphatic hydroxyl groups excluding tert-OH is 1. The van der Waals surface area contributed by atoms with E-state index in [9.17, 15) is 34.1 Å². The average molecular weight is 860 g/mol. The monoisotopic (exact) mass is 860 g/mol. The number of carboxylic acids is 1. The first-order valence-corrected chi connectivity index (χ1v) is 23.8. The standard InChI is InChI=1S/C48H78NO10P/c1-3-5-7-9-11-13-15-17-18-19-20-21-22-23-24-25-26-28-30-32-34-36-38-40-47(52)57-41-44(50)42-58-60(55,56)59-43-45(48(53)54)49-46(51)39-37-35-33-31-29-27-16-14-12-10-8-6-4-2/h5,7,11,13-14,16-18,20-21,23-24,26,28,32,34,44-45,50H,3-4,6,8-10,12,15,19,22,25,27,29-31,33,35-43H2,1-2H3,(H,49,51)(H,53,54)(H,55,56)/b7-5-,13-11-,16-14-,18-17-,21-20-,24-23-,28-26-,34-32-. The number of hydrogen-bond donors (Lipinski definition) is 4. The number of aliphatic carboxylic acids is 1. The molecule has 1 amide bonds. The van der Waals surface area contributed by atoms with Gasteiger partial charge in [0.1, 0.15) is 12.7 Å². The van der Waals surface area contributed by atoms with Crippen molar-refractivity contribution in [3.05, 3.63) is 97.2 Å². The Labute approximate surface area is 362 Å². The minimum absolute atomic E-state index is 0.126. The number of allylic oxidation sites excluding steroid dienone is 16. The van der Waals surface area contributed by atoms with E-state index in [1.165, 1.54) is 25.7 Å². The molecule has 4 N–H and O–H groups in total. The number of nitrogens with one attached hydrogen (secondary N) is 1. The zero-order chi connectivity index (χ0) is 44.2. The van der Waals surface area contributed by atoms with Gasteiger partial charge in [-0.05, 0) is 89.9 Å². The highest BCUT2D eigenvalue weighted by atomic mass is 31.2. The van der Waals surface area contributed by atoms with E-state index in [-0.39, 0.29) is 12.8 Å². The van der Waals surface area contributed by atoms with Crippen molar-refractivity contribution >= 4 is 25.7 Å². The summed E-state index contributed by atoms with van der Waals surface area (Å²) in [7, 11) is -4.78. The van der Waals surface area contributed by atoms with Crippen LogP contribution in [0.2, 0.25) is 0 Å². The minimum atomic E-state index is -4.78. The quantitative estimate of drug-likeness (QED) is 0.0201. The molecule has 0 aliphatic rings. The number of rotatable bonds is 40. The number of esters is 1. The Morgan fingerprint density at radius 2 is 0.983 bits per heavy atom. The number of phosphoric ester groups is 1. The van der Waals surface area contributed by atoms with Gasteiger partial charge in [-0.1, -0.05) is 150 Å². The summed E-state index contributed by atoms with van der Waals surface area (Å²) < 4.78 is 26.8. The van der Waals surface area contributed by atoms with Gasteiger partial charge in [-0.25, -0.2) is 9.36 Å². The molecule has 0 aromatic carbocycles. The molecule has 60 heavy (non-hydrogen) atoms. The first kappa shape index (κ1) is 56.4. The predicted molar refractivity (Wildman–Crippen MR) is 244 cm³/mol. The maximum atomic E-state index is 12.3. The maximum Gasteiger partial charge on any atom is 0.472 e. The van der Waals surface area contributed by atoms with Crippen LogP contribution in [0.1, 0.15) is 155 Å². The van der Waals surface area contributed by atoms with Gasteiger partial charge in [0.05, 0.1) is 13.2 Å². The van der Waals surface area contributed by atoms with Crippen molar-refractivity contribution in [3.63, 3.8) is 0 Å². The van der Waals surface area contributed by atoms with Gasteiger partial charge in [-0.15, -0.1) is 0 Å². The fourth-order valence-electron chi connectivity index (χ4n) is 5.41. The van der Waals surface area contributed by atoms with E-state index in [1.807, 2.05) is 12.2 Å². The number of carboxylic acid groups (broad SMARTS) is 1. The van der Waals surface area contributed by atoms with Crippen LogP contribution in [0.5, 0.6) is 0 Å². The minimum Gasteiger partial charge on any atom is -0.480 e. The molecule has 0 radical (unpaired) electrons. The first-order chi connectivity index (χ1) is 29.1. The molecule has 0 spiro atoms. The van der Waals surface area contributed by atoms with E-state index in [0.717, 1.165) is 83.5 Å². The Morgan fingerprint density at radius 1 is 0.550 bits per heavy atom. The van der Waals surface area contributed by atoms with Gasteiger partial charge in [0.25, 0.3) is 0 Å². The molecule has 0 bridgehead atoms. The highest BCUT2D eigenvalue weighted by molar-refractivity contribution is 7.47. The lowest BCUT2D eigenvalue weighted by Crippen LogP contribution is -2.43. The summed E-state index contributed by atoms with van der Waals surface area (Å²) in [6.07, 6.45) is 53.0. The van der Waals surface area contributed by atoms with Gasteiger partial charge in [0, 0.05) is 12.8 Å². The zero-order valence-corrected chi connectivity index (χ0v) is 37.6. The maximum absolute atomic E-state index is 12.3. The highest BCUT2D eigenvalue weighted by Crippen LogP contribution is 2.43. The second-order valence-corrected chi connectivity index (χ2v) is 16.0. The number of amides is 1. The Balaban J connectivity index is 4.01. The molecule has 11 nitrogen and oxygen atoms in total. The predicted octanol–water partition coefficient (Wildman–Crippen LogP) is 11.7. The summed E-state index contributed by atoms with van der Waals surface area (Å²) >= 11 is 0. The Morgan fingerprint density at radius 3 is 1.50 bits per heavy atom. The SMILES string of the molecule is CC/C=C\C/C=C\C/C=C\C/C=C\C/C=C\C/C=C\C/C=C\CCCC(=O)OCC(O)COP(=O)(O)OCC(NC(=O)CCCCCCC/C=C\CCCCCC)C(=O)O. The van der Waals surface area contributed by atoms with E-state index in [4.69, 9.17) is 13.8 Å². The van der Waals surface area contributed by atoms with Gasteiger partial charge < -0.3 is 25.2 Å². The van der Waals surface area contributed by atoms with Crippen molar-refractivity contribution in [2.75, 3.05) is 19.8 Å². The van der Waals surface area contributed by atoms with Crippen LogP contribution in [0.15, 0.2) is 97.2 Å². The molecule has 0 saturated carbocycles. The lowest BCUT2D eigenvalue weighted by molar-refractivity contribution is -0.147. The number of aliphatic hydroxyl groups is 1. The van der Waals surface area contributed by atoms with Crippen molar-refractivity contribution in [1.82, 2.24) is 5.32 Å². The topological polar surface area (TPSA) is 169 Å². The third-order valence-corrected chi connectivity index (χ3v) is 9.81. The van der Waals surface area contributed by atoms with Gasteiger partial charge in [-0.2, -0.15) is 0 Å². The van der Waals surface area contributed by atoms with Crippen LogP contribution in [-0.2, 0) is 32.7 Å². The third-order valence-electron chi connectivity index (χ3n) is 8.86. The molecule has 0 aromatic heterocycles. The van der Waals surface area contributed by atoms with E-state index in [2.05, 4.69) is 104 Å². The second kappa shape index (κ2) is 42.1. The van der Waals surface area contributed by atoms with E-state index in [1.54, 1.807) is 0 Å². The molecule has 3 atom stereocenters. The second-order valence-electron chi connectivity index (χ2n) is 14.5. The third kappa shape index (κ3) is 41.1. The lowest BCUT2D eigenvalue weighted by Gasteiger charge is -2.18. The molecule has 0 fully saturated rings. The Kier molecular flexibility index (Phi) is 39.6. The van der Waals surface area contributed by atoms with Crippen LogP contribution in [0.25, 0.3) is 0 Å². The van der Waals surface area contributed by atoms with Gasteiger partial charge >= 0.3 is 19.8 Å². The molecule has 12 heteroatoms. The number of unbranched alkanes of at least 4 members (excludes halogenated alkanes) is 10. The summed E-state index contributed by atoms with van der Waals surface area (Å²) in [4.78, 5) is 45.9. The fourth-order valence-corrected chi connectivity index (χ4v) is 6.19. The summed E-state index contributed by atoms with van der Waals surface area (Å²) in [6, 6.07) is -1.56. The number of carbonyl (C=O) groups is 3.